The van der Waals surface area contributed by atoms with Crippen LogP contribution in [0, 0.1) is 5.92 Å². The average Bonchev–Trinajstić information content (AvgIpc) is 3.18. The Morgan fingerprint density at radius 3 is 3.00 bits per heavy atom. The van der Waals surface area contributed by atoms with Gasteiger partial charge in [-0.25, -0.2) is 0 Å². The summed E-state index contributed by atoms with van der Waals surface area (Å²) in [5, 5.41) is 0. The van der Waals surface area contributed by atoms with Gasteiger partial charge in [-0.05, 0) is 6.42 Å². The molecule has 7 nitrogen and oxygen atoms in total. The van der Waals surface area contributed by atoms with Crippen molar-refractivity contribution in [1.29, 1.82) is 0 Å². The first-order valence-electron chi connectivity index (χ1n) is 7.15. The molecule has 2 unspecified atom stereocenters. The van der Waals surface area contributed by atoms with Crippen LogP contribution in [-0.4, -0.2) is 60.3 Å². The number of amides is 1. The van der Waals surface area contributed by atoms with Gasteiger partial charge in [0, 0.05) is 19.6 Å². The van der Waals surface area contributed by atoms with Crippen molar-refractivity contribution in [2.45, 2.75) is 18.9 Å². The summed E-state index contributed by atoms with van der Waals surface area (Å²) in [6.45, 7) is 2.54. The Labute approximate surface area is 123 Å². The van der Waals surface area contributed by atoms with Gasteiger partial charge in [0.05, 0.1) is 38.6 Å². The van der Waals surface area contributed by atoms with Crippen LogP contribution in [0.15, 0.2) is 12.4 Å². The number of methoxy groups -OCH3 is 1. The van der Waals surface area contributed by atoms with Gasteiger partial charge in [-0.3, -0.25) is 9.78 Å². The summed E-state index contributed by atoms with van der Waals surface area (Å²) in [6.07, 6.45) is 4.66. The second-order valence-corrected chi connectivity index (χ2v) is 5.27. The van der Waals surface area contributed by atoms with Gasteiger partial charge < -0.3 is 19.1 Å². The quantitative estimate of drug-likeness (QED) is 0.805. The van der Waals surface area contributed by atoms with E-state index in [-0.39, 0.29) is 17.9 Å². The van der Waals surface area contributed by atoms with Crippen molar-refractivity contribution in [3.05, 3.63) is 12.4 Å². The van der Waals surface area contributed by atoms with Gasteiger partial charge in [0.25, 0.3) is 0 Å². The molecule has 1 amide bonds. The van der Waals surface area contributed by atoms with Crippen LogP contribution in [0.2, 0.25) is 0 Å². The van der Waals surface area contributed by atoms with Crippen LogP contribution in [0.4, 0.5) is 0 Å². The zero-order valence-electron chi connectivity index (χ0n) is 12.0. The lowest BCUT2D eigenvalue weighted by Gasteiger charge is -2.19. The number of rotatable bonds is 4. The molecule has 3 heterocycles. The number of carbonyl (C=O) groups excluding carboxylic acids is 1. The Kier molecular flexibility index (Phi) is 4.19. The Bertz CT molecular complexity index is 505. The molecule has 7 heteroatoms. The number of hydrogen-bond donors (Lipinski definition) is 0. The van der Waals surface area contributed by atoms with Crippen LogP contribution in [-0.2, 0) is 9.53 Å². The van der Waals surface area contributed by atoms with E-state index < -0.39 is 0 Å². The minimum Gasteiger partial charge on any atom is -0.480 e. The highest BCUT2D eigenvalue weighted by Crippen LogP contribution is 2.22. The van der Waals surface area contributed by atoms with Gasteiger partial charge in [-0.15, -0.1) is 0 Å². The fraction of sp³-hybridized carbons (Fsp3) is 0.643. The minimum absolute atomic E-state index is 0.0142. The number of ether oxygens (including phenoxy) is 3. The lowest BCUT2D eigenvalue weighted by molar-refractivity contribution is -0.134. The second kappa shape index (κ2) is 6.26. The largest absolute Gasteiger partial charge is 0.480 e. The summed E-state index contributed by atoms with van der Waals surface area (Å²) in [5.74, 6) is 1.04. The summed E-state index contributed by atoms with van der Waals surface area (Å²) in [6, 6.07) is 0. The van der Waals surface area contributed by atoms with E-state index in [1.807, 2.05) is 4.90 Å². The highest BCUT2D eigenvalue weighted by atomic mass is 16.5. The monoisotopic (exact) mass is 293 g/mol. The predicted octanol–water partition coefficient (Wildman–Crippen LogP) is 0.501. The molecule has 114 valence electrons. The van der Waals surface area contributed by atoms with E-state index in [1.54, 1.807) is 6.20 Å². The van der Waals surface area contributed by atoms with Crippen LogP contribution in [0.25, 0.3) is 0 Å². The molecule has 3 rings (SSSR count). The first-order valence-corrected chi connectivity index (χ1v) is 7.15. The first kappa shape index (κ1) is 14.1. The maximum atomic E-state index is 12.3. The fourth-order valence-electron chi connectivity index (χ4n) is 2.67. The maximum Gasteiger partial charge on any atom is 0.235 e. The van der Waals surface area contributed by atoms with Crippen molar-refractivity contribution in [3.63, 3.8) is 0 Å². The van der Waals surface area contributed by atoms with Gasteiger partial charge in [0.2, 0.25) is 17.7 Å². The average molecular weight is 293 g/mol. The fourth-order valence-corrected chi connectivity index (χ4v) is 2.67. The Balaban J connectivity index is 1.55. The molecule has 2 saturated heterocycles. The van der Waals surface area contributed by atoms with Crippen LogP contribution in [0.3, 0.4) is 0 Å². The molecule has 2 aliphatic rings. The molecule has 0 bridgehead atoms. The molecular formula is C14H19N3O4. The van der Waals surface area contributed by atoms with E-state index in [0.29, 0.717) is 31.5 Å². The number of nitrogens with zero attached hydrogens (tertiary/aromatic N) is 3. The van der Waals surface area contributed by atoms with Gasteiger partial charge in [-0.1, -0.05) is 0 Å². The van der Waals surface area contributed by atoms with E-state index in [0.717, 1.165) is 19.4 Å². The molecule has 21 heavy (non-hydrogen) atoms. The molecule has 0 saturated carbocycles. The maximum absolute atomic E-state index is 12.3. The Morgan fingerprint density at radius 1 is 1.38 bits per heavy atom. The number of hydrogen-bond acceptors (Lipinski definition) is 6. The van der Waals surface area contributed by atoms with Crippen LogP contribution in [0.5, 0.6) is 11.8 Å². The van der Waals surface area contributed by atoms with E-state index >= 15 is 0 Å². The topological polar surface area (TPSA) is 73.8 Å². The third-order valence-electron chi connectivity index (χ3n) is 3.82. The molecule has 0 aromatic carbocycles. The molecule has 1 aromatic heterocycles. The third kappa shape index (κ3) is 3.24. The summed E-state index contributed by atoms with van der Waals surface area (Å²) in [5.41, 5.74) is 0. The summed E-state index contributed by atoms with van der Waals surface area (Å²) < 4.78 is 16.1. The lowest BCUT2D eigenvalue weighted by Crippen LogP contribution is -2.36. The van der Waals surface area contributed by atoms with Gasteiger partial charge in [0.1, 0.15) is 6.10 Å². The smallest absolute Gasteiger partial charge is 0.235 e. The lowest BCUT2D eigenvalue weighted by atomic mass is 10.1. The molecule has 0 N–H and O–H groups in total. The molecule has 2 fully saturated rings. The normalized spacial score (nSPS) is 25.1. The molecule has 1 aromatic rings. The van der Waals surface area contributed by atoms with Crippen LogP contribution in [0.1, 0.15) is 12.8 Å². The van der Waals surface area contributed by atoms with Crippen molar-refractivity contribution in [2.75, 3.05) is 33.4 Å². The Morgan fingerprint density at radius 2 is 2.24 bits per heavy atom. The van der Waals surface area contributed by atoms with Crippen molar-refractivity contribution >= 4 is 5.91 Å². The Hall–Kier alpha value is -1.89. The number of carbonyl (C=O) groups is 1. The summed E-state index contributed by atoms with van der Waals surface area (Å²) in [7, 11) is 1.54. The highest BCUT2D eigenvalue weighted by molar-refractivity contribution is 5.79. The second-order valence-electron chi connectivity index (χ2n) is 5.27. The summed E-state index contributed by atoms with van der Waals surface area (Å²) in [4.78, 5) is 22.3. The molecule has 0 aliphatic carbocycles. The molecule has 2 aliphatic heterocycles. The van der Waals surface area contributed by atoms with Crippen LogP contribution < -0.4 is 9.47 Å². The van der Waals surface area contributed by atoms with Gasteiger partial charge >= 0.3 is 0 Å². The molecule has 0 radical (unpaired) electrons. The zero-order valence-corrected chi connectivity index (χ0v) is 12.0. The third-order valence-corrected chi connectivity index (χ3v) is 3.82. The van der Waals surface area contributed by atoms with Gasteiger partial charge in [-0.2, -0.15) is 4.98 Å². The van der Waals surface area contributed by atoms with Crippen molar-refractivity contribution in [2.24, 2.45) is 5.92 Å². The van der Waals surface area contributed by atoms with Crippen molar-refractivity contribution in [1.82, 2.24) is 14.9 Å². The van der Waals surface area contributed by atoms with E-state index in [4.69, 9.17) is 14.2 Å². The van der Waals surface area contributed by atoms with E-state index in [9.17, 15) is 4.79 Å². The van der Waals surface area contributed by atoms with Crippen molar-refractivity contribution in [3.8, 4) is 11.8 Å². The van der Waals surface area contributed by atoms with Gasteiger partial charge in [0.15, 0.2) is 0 Å². The van der Waals surface area contributed by atoms with E-state index in [2.05, 4.69) is 9.97 Å². The zero-order chi connectivity index (χ0) is 14.7. The SMILES string of the molecule is COc1cncc(OC2CCN(C(=O)C3CCOC3)C2)n1. The minimum atomic E-state index is -0.0438. The molecule has 2 atom stereocenters. The number of aromatic nitrogens is 2. The van der Waals surface area contributed by atoms with Crippen molar-refractivity contribution < 1.29 is 19.0 Å². The predicted molar refractivity (Wildman–Crippen MR) is 73.1 cm³/mol. The first-order chi connectivity index (χ1) is 10.3. The highest BCUT2D eigenvalue weighted by Gasteiger charge is 2.33. The molecule has 0 spiro atoms. The van der Waals surface area contributed by atoms with Crippen LogP contribution >= 0.6 is 0 Å². The number of likely N-dealkylation sites (tertiary alicyclic amines) is 1. The molecular weight excluding hydrogens is 274 g/mol. The summed E-state index contributed by atoms with van der Waals surface area (Å²) >= 11 is 0. The van der Waals surface area contributed by atoms with E-state index in [1.165, 1.54) is 13.3 Å². The standard InChI is InChI=1S/C14H19N3O4/c1-19-12-6-15-7-13(16-12)21-11-2-4-17(8-11)14(18)10-3-5-20-9-10/h6-7,10-11H,2-5,8-9H2,1H3.